The molecule has 1 N–H and O–H groups in total. The summed E-state index contributed by atoms with van der Waals surface area (Å²) in [5.41, 5.74) is 3.17. The first-order valence-corrected chi connectivity index (χ1v) is 13.2. The van der Waals surface area contributed by atoms with E-state index in [0.717, 1.165) is 31.1 Å². The molecule has 5 rings (SSSR count). The van der Waals surface area contributed by atoms with Crippen LogP contribution < -0.4 is 14.2 Å². The molecule has 2 aromatic heterocycles. The minimum atomic E-state index is -3.65. The van der Waals surface area contributed by atoms with E-state index in [1.165, 1.54) is 11.3 Å². The molecule has 1 unspecified atom stereocenters. The molecule has 2 aromatic carbocycles. The molecule has 4 aromatic rings. The first kappa shape index (κ1) is 20.6. The number of anilines is 1. The number of rotatable bonds is 5. The number of halogens is 1. The minimum Gasteiger partial charge on any atom is -0.496 e. The Balaban J connectivity index is 1.64. The largest absolute Gasteiger partial charge is 0.496 e. The molecule has 158 valence electrons. The van der Waals surface area contributed by atoms with Gasteiger partial charge in [0.25, 0.3) is 10.0 Å². The summed E-state index contributed by atoms with van der Waals surface area (Å²) in [7, 11) is -2.02. The van der Waals surface area contributed by atoms with Gasteiger partial charge in [-0.05, 0) is 69.3 Å². The van der Waals surface area contributed by atoms with Gasteiger partial charge < -0.3 is 9.47 Å². The smallest absolute Gasteiger partial charge is 0.271 e. The lowest BCUT2D eigenvalue weighted by atomic mass is 9.91. The highest BCUT2D eigenvalue weighted by Gasteiger charge is 2.31. The van der Waals surface area contributed by atoms with E-state index in [2.05, 4.69) is 20.7 Å². The monoisotopic (exact) mass is 533 g/mol. The van der Waals surface area contributed by atoms with Crippen molar-refractivity contribution in [3.05, 3.63) is 80.3 Å². The molecule has 9 heteroatoms. The van der Waals surface area contributed by atoms with Crippen molar-refractivity contribution in [3.8, 4) is 22.6 Å². The molecule has 0 saturated carbocycles. The molecule has 3 heterocycles. The van der Waals surface area contributed by atoms with Crippen LogP contribution in [0, 0.1) is 0 Å². The lowest BCUT2D eigenvalue weighted by Crippen LogP contribution is -2.16. The standard InChI is InChI=1S/C22H16BrNO4S3/c1-27-16-4-2-5-17-21(16)14-8-7-13(24-31(25,26)20-6-3-11-29-20)12-15(14)22(28-17)18-9-10-19(23)30-18/h2-12,22,24H,1H3. The summed E-state index contributed by atoms with van der Waals surface area (Å²) >= 11 is 6.28. The Hall–Kier alpha value is -2.33. The Bertz CT molecular complexity index is 1360. The maximum atomic E-state index is 12.7. The van der Waals surface area contributed by atoms with Crippen molar-refractivity contribution in [3.63, 3.8) is 0 Å². The van der Waals surface area contributed by atoms with Gasteiger partial charge in [-0.1, -0.05) is 18.2 Å². The molecule has 0 saturated heterocycles. The average Bonchev–Trinajstić information content (AvgIpc) is 3.44. The number of benzene rings is 2. The number of methoxy groups -OCH3 is 1. The Morgan fingerprint density at radius 1 is 1.10 bits per heavy atom. The second kappa shape index (κ2) is 7.98. The van der Waals surface area contributed by atoms with Crippen LogP contribution in [0.15, 0.2) is 74.0 Å². The van der Waals surface area contributed by atoms with E-state index >= 15 is 0 Å². The van der Waals surface area contributed by atoms with Crippen LogP contribution in [0.4, 0.5) is 5.69 Å². The molecular weight excluding hydrogens is 518 g/mol. The lowest BCUT2D eigenvalue weighted by Gasteiger charge is -2.29. The van der Waals surface area contributed by atoms with Gasteiger partial charge in [-0.25, -0.2) is 8.42 Å². The van der Waals surface area contributed by atoms with Gasteiger partial charge in [-0.15, -0.1) is 22.7 Å². The van der Waals surface area contributed by atoms with Crippen LogP contribution in [-0.4, -0.2) is 15.5 Å². The summed E-state index contributed by atoms with van der Waals surface area (Å²) in [6.07, 6.45) is -0.364. The van der Waals surface area contributed by atoms with Crippen molar-refractivity contribution < 1.29 is 17.9 Å². The molecule has 1 aliphatic heterocycles. The second-order valence-corrected chi connectivity index (χ2v) is 12.2. The van der Waals surface area contributed by atoms with Crippen molar-refractivity contribution in [2.75, 3.05) is 11.8 Å². The Morgan fingerprint density at radius 2 is 1.97 bits per heavy atom. The summed E-state index contributed by atoms with van der Waals surface area (Å²) in [5, 5.41) is 1.74. The Morgan fingerprint density at radius 3 is 2.68 bits per heavy atom. The van der Waals surface area contributed by atoms with E-state index in [4.69, 9.17) is 9.47 Å². The maximum absolute atomic E-state index is 12.7. The van der Waals surface area contributed by atoms with Gasteiger partial charge in [0, 0.05) is 11.3 Å². The molecule has 0 spiro atoms. The van der Waals surface area contributed by atoms with Crippen molar-refractivity contribution >= 4 is 54.3 Å². The molecule has 0 radical (unpaired) electrons. The summed E-state index contributed by atoms with van der Waals surface area (Å²) in [4.78, 5) is 1.01. The van der Waals surface area contributed by atoms with E-state index in [1.54, 1.807) is 42.0 Å². The second-order valence-electron chi connectivity index (χ2n) is 6.81. The van der Waals surface area contributed by atoms with Crippen LogP contribution in [0.25, 0.3) is 11.1 Å². The van der Waals surface area contributed by atoms with Crippen LogP contribution in [0.1, 0.15) is 16.5 Å². The molecule has 1 atom stereocenters. The maximum Gasteiger partial charge on any atom is 0.271 e. The van der Waals surface area contributed by atoms with Crippen LogP contribution in [0.2, 0.25) is 0 Å². The Labute approximate surface area is 196 Å². The lowest BCUT2D eigenvalue weighted by molar-refractivity contribution is 0.246. The molecule has 0 bridgehead atoms. The molecule has 31 heavy (non-hydrogen) atoms. The molecule has 5 nitrogen and oxygen atoms in total. The predicted octanol–water partition coefficient (Wildman–Crippen LogP) is 6.53. The summed E-state index contributed by atoms with van der Waals surface area (Å²) < 4.78 is 41.4. The summed E-state index contributed by atoms with van der Waals surface area (Å²) in [6.45, 7) is 0. The number of fused-ring (bicyclic) bond motifs is 3. The third kappa shape index (κ3) is 3.76. The van der Waals surface area contributed by atoms with E-state index in [-0.39, 0.29) is 10.3 Å². The fourth-order valence-corrected chi connectivity index (χ4v) is 7.12. The van der Waals surface area contributed by atoms with E-state index in [1.807, 2.05) is 42.5 Å². The van der Waals surface area contributed by atoms with Crippen LogP contribution in [-0.2, 0) is 10.0 Å². The SMILES string of the molecule is COc1cccc2c1-c1ccc(NS(=O)(=O)c3cccs3)cc1C(c1ccc(Br)s1)O2. The number of hydrogen-bond acceptors (Lipinski definition) is 6. The number of ether oxygens (including phenoxy) is 2. The number of sulfonamides is 1. The minimum absolute atomic E-state index is 0.271. The number of thiophene rings is 2. The fraction of sp³-hybridized carbons (Fsp3) is 0.0909. The van der Waals surface area contributed by atoms with E-state index in [0.29, 0.717) is 11.4 Å². The van der Waals surface area contributed by atoms with Crippen molar-refractivity contribution in [1.29, 1.82) is 0 Å². The fourth-order valence-electron chi connectivity index (χ4n) is 3.61. The highest BCUT2D eigenvalue weighted by Crippen LogP contribution is 2.50. The predicted molar refractivity (Wildman–Crippen MR) is 128 cm³/mol. The zero-order valence-corrected chi connectivity index (χ0v) is 20.2. The van der Waals surface area contributed by atoms with Crippen molar-refractivity contribution in [1.82, 2.24) is 0 Å². The van der Waals surface area contributed by atoms with Crippen molar-refractivity contribution in [2.24, 2.45) is 0 Å². The van der Waals surface area contributed by atoms with Crippen LogP contribution >= 0.6 is 38.6 Å². The summed E-state index contributed by atoms with van der Waals surface area (Å²) in [5.74, 6) is 1.43. The van der Waals surface area contributed by atoms with Gasteiger partial charge in [-0.2, -0.15) is 0 Å². The molecule has 0 fully saturated rings. The summed E-state index contributed by atoms with van der Waals surface area (Å²) in [6, 6.07) is 18.5. The van der Waals surface area contributed by atoms with Gasteiger partial charge >= 0.3 is 0 Å². The first-order valence-electron chi connectivity index (χ1n) is 9.26. The molecule has 0 aliphatic carbocycles. The highest BCUT2D eigenvalue weighted by atomic mass is 79.9. The molecule has 0 amide bonds. The van der Waals surface area contributed by atoms with E-state index < -0.39 is 10.0 Å². The van der Waals surface area contributed by atoms with Gasteiger partial charge in [0.1, 0.15) is 15.7 Å². The van der Waals surface area contributed by atoms with Crippen molar-refractivity contribution in [2.45, 2.75) is 10.3 Å². The molecule has 1 aliphatic rings. The third-order valence-electron chi connectivity index (χ3n) is 4.92. The normalized spacial score (nSPS) is 15.0. The number of hydrogen-bond donors (Lipinski definition) is 1. The Kier molecular flexibility index (Phi) is 5.29. The topological polar surface area (TPSA) is 64.6 Å². The highest BCUT2D eigenvalue weighted by molar-refractivity contribution is 9.11. The van der Waals surface area contributed by atoms with Gasteiger partial charge in [0.2, 0.25) is 0 Å². The zero-order chi connectivity index (χ0) is 21.6. The van der Waals surface area contributed by atoms with Crippen LogP contribution in [0.3, 0.4) is 0 Å². The average molecular weight is 534 g/mol. The molecular formula is C22H16BrNO4S3. The van der Waals surface area contributed by atoms with Gasteiger partial charge in [0.15, 0.2) is 6.10 Å². The van der Waals surface area contributed by atoms with E-state index in [9.17, 15) is 8.42 Å². The van der Waals surface area contributed by atoms with Gasteiger partial charge in [-0.3, -0.25) is 4.72 Å². The first-order chi connectivity index (χ1) is 15.0. The van der Waals surface area contributed by atoms with Gasteiger partial charge in [0.05, 0.1) is 21.3 Å². The van der Waals surface area contributed by atoms with Crippen LogP contribution in [0.5, 0.6) is 11.5 Å². The number of nitrogens with one attached hydrogen (secondary N) is 1. The quantitative estimate of drug-likeness (QED) is 0.316. The zero-order valence-electron chi connectivity index (χ0n) is 16.2. The third-order valence-corrected chi connectivity index (χ3v) is 9.37.